The van der Waals surface area contributed by atoms with Crippen LogP contribution in [-0.2, 0) is 5.75 Å². The predicted octanol–water partition coefficient (Wildman–Crippen LogP) is 5.11. The molecule has 0 fully saturated rings. The van der Waals surface area contributed by atoms with E-state index in [0.717, 1.165) is 28.6 Å². The van der Waals surface area contributed by atoms with Crippen LogP contribution in [0.4, 0.5) is 5.69 Å². The summed E-state index contributed by atoms with van der Waals surface area (Å²) >= 11 is 13.6. The molecule has 19 heavy (non-hydrogen) atoms. The Kier molecular flexibility index (Phi) is 5.37. The van der Waals surface area contributed by atoms with Crippen LogP contribution in [0.3, 0.4) is 0 Å². The summed E-state index contributed by atoms with van der Waals surface area (Å²) in [6.07, 6.45) is 1.82. The van der Waals surface area contributed by atoms with Crippen molar-refractivity contribution in [3.63, 3.8) is 0 Å². The first kappa shape index (κ1) is 14.5. The molecule has 1 N–H and O–H groups in total. The topological polar surface area (TPSA) is 24.9 Å². The van der Waals surface area contributed by atoms with Crippen molar-refractivity contribution >= 4 is 40.7 Å². The molecule has 0 atom stereocenters. The maximum absolute atomic E-state index is 5.99. The molecule has 0 spiro atoms. The summed E-state index contributed by atoms with van der Waals surface area (Å²) in [4.78, 5) is 5.44. The molecule has 2 nitrogen and oxygen atoms in total. The summed E-state index contributed by atoms with van der Waals surface area (Å²) in [5.41, 5.74) is 2.14. The number of benzene rings is 1. The highest BCUT2D eigenvalue weighted by atomic mass is 35.5. The van der Waals surface area contributed by atoms with Gasteiger partial charge in [0.15, 0.2) is 0 Å². The lowest BCUT2D eigenvalue weighted by molar-refractivity contribution is 1.15. The van der Waals surface area contributed by atoms with Gasteiger partial charge in [-0.2, -0.15) is 0 Å². The van der Waals surface area contributed by atoms with Gasteiger partial charge in [0.25, 0.3) is 0 Å². The Balaban J connectivity index is 2.01. The Labute approximate surface area is 127 Å². The number of thioether (sulfide) groups is 1. The van der Waals surface area contributed by atoms with Crippen LogP contribution in [0, 0.1) is 0 Å². The van der Waals surface area contributed by atoms with Gasteiger partial charge in [-0.25, -0.2) is 0 Å². The molecule has 100 valence electrons. The highest BCUT2D eigenvalue weighted by Gasteiger charge is 2.02. The van der Waals surface area contributed by atoms with E-state index in [-0.39, 0.29) is 0 Å². The van der Waals surface area contributed by atoms with Gasteiger partial charge in [-0.3, -0.25) is 4.98 Å². The van der Waals surface area contributed by atoms with Gasteiger partial charge in [0.2, 0.25) is 0 Å². The lowest BCUT2D eigenvalue weighted by atomic mass is 10.3. The number of hydrogen-bond acceptors (Lipinski definition) is 3. The minimum atomic E-state index is 0.582. The molecule has 1 aromatic carbocycles. The molecule has 0 aliphatic rings. The summed E-state index contributed by atoms with van der Waals surface area (Å²) in [7, 11) is 0. The van der Waals surface area contributed by atoms with Gasteiger partial charge in [-0.1, -0.05) is 23.2 Å². The Hall–Kier alpha value is -0.900. The van der Waals surface area contributed by atoms with E-state index in [4.69, 9.17) is 23.2 Å². The molecular weight excluding hydrogens is 299 g/mol. The first-order valence-electron chi connectivity index (χ1n) is 5.95. The molecule has 0 bridgehead atoms. The Morgan fingerprint density at radius 2 is 2.00 bits per heavy atom. The predicted molar refractivity (Wildman–Crippen MR) is 84.4 cm³/mol. The number of rotatable bonds is 5. The largest absolute Gasteiger partial charge is 0.385 e. The van der Waals surface area contributed by atoms with Gasteiger partial charge >= 0.3 is 0 Å². The molecular formula is C14H14Cl2N2S. The van der Waals surface area contributed by atoms with Crippen LogP contribution >= 0.6 is 35.0 Å². The lowest BCUT2D eigenvalue weighted by Crippen LogP contribution is -1.97. The van der Waals surface area contributed by atoms with E-state index in [0.29, 0.717) is 10.0 Å². The maximum atomic E-state index is 5.99. The van der Waals surface area contributed by atoms with Crippen LogP contribution in [0.1, 0.15) is 12.6 Å². The molecule has 0 saturated carbocycles. The zero-order valence-corrected chi connectivity index (χ0v) is 12.8. The standard InChI is InChI=1S/C14H14Cl2N2S/c1-2-17-10-5-6-18-11(7-10)9-19-12-3-4-13(15)14(16)8-12/h3-8H,2,9H2,1H3,(H,17,18). The summed E-state index contributed by atoms with van der Waals surface area (Å²) in [5.74, 6) is 0.803. The van der Waals surface area contributed by atoms with Crippen molar-refractivity contribution in [1.29, 1.82) is 0 Å². The van der Waals surface area contributed by atoms with Crippen molar-refractivity contribution in [2.75, 3.05) is 11.9 Å². The summed E-state index contributed by atoms with van der Waals surface area (Å²) in [5, 5.41) is 4.44. The van der Waals surface area contributed by atoms with Crippen LogP contribution < -0.4 is 5.32 Å². The molecule has 2 rings (SSSR count). The molecule has 2 aromatic rings. The second-order valence-electron chi connectivity index (χ2n) is 3.93. The molecule has 1 aromatic heterocycles. The van der Waals surface area contributed by atoms with Gasteiger partial charge < -0.3 is 5.32 Å². The smallest absolute Gasteiger partial charge is 0.0603 e. The van der Waals surface area contributed by atoms with E-state index in [9.17, 15) is 0 Å². The number of aromatic nitrogens is 1. The number of hydrogen-bond donors (Lipinski definition) is 1. The SMILES string of the molecule is CCNc1ccnc(CSc2ccc(Cl)c(Cl)c2)c1. The molecule has 0 unspecified atom stereocenters. The number of anilines is 1. The van der Waals surface area contributed by atoms with Crippen molar-refractivity contribution < 1.29 is 0 Å². The normalized spacial score (nSPS) is 10.5. The number of pyridine rings is 1. The highest BCUT2D eigenvalue weighted by molar-refractivity contribution is 7.98. The van der Waals surface area contributed by atoms with Crippen molar-refractivity contribution in [3.05, 3.63) is 52.3 Å². The lowest BCUT2D eigenvalue weighted by Gasteiger charge is -2.06. The number of nitrogens with zero attached hydrogens (tertiary/aromatic N) is 1. The minimum absolute atomic E-state index is 0.582. The monoisotopic (exact) mass is 312 g/mol. The van der Waals surface area contributed by atoms with Crippen LogP contribution in [0.2, 0.25) is 10.0 Å². The summed E-state index contributed by atoms with van der Waals surface area (Å²) < 4.78 is 0. The minimum Gasteiger partial charge on any atom is -0.385 e. The fourth-order valence-corrected chi connectivity index (χ4v) is 2.80. The van der Waals surface area contributed by atoms with Gasteiger partial charge in [-0.05, 0) is 37.3 Å². The molecule has 0 aliphatic heterocycles. The third-order valence-corrected chi connectivity index (χ3v) is 4.24. The quantitative estimate of drug-likeness (QED) is 0.776. The van der Waals surface area contributed by atoms with E-state index in [1.807, 2.05) is 30.5 Å². The second kappa shape index (κ2) is 7.04. The second-order valence-corrected chi connectivity index (χ2v) is 5.79. The fourth-order valence-electron chi connectivity index (χ4n) is 1.60. The maximum Gasteiger partial charge on any atom is 0.0603 e. The third kappa shape index (κ3) is 4.30. The Morgan fingerprint density at radius 3 is 2.74 bits per heavy atom. The zero-order chi connectivity index (χ0) is 13.7. The van der Waals surface area contributed by atoms with Crippen LogP contribution in [0.15, 0.2) is 41.4 Å². The van der Waals surface area contributed by atoms with E-state index < -0.39 is 0 Å². The summed E-state index contributed by atoms with van der Waals surface area (Å²) in [6.45, 7) is 2.98. The third-order valence-electron chi connectivity index (χ3n) is 2.48. The summed E-state index contributed by atoms with van der Waals surface area (Å²) in [6, 6.07) is 9.69. The average molecular weight is 313 g/mol. The van der Waals surface area contributed by atoms with Gasteiger partial charge in [0.05, 0.1) is 15.7 Å². The van der Waals surface area contributed by atoms with E-state index in [1.54, 1.807) is 11.8 Å². The van der Waals surface area contributed by atoms with Crippen molar-refractivity contribution in [2.24, 2.45) is 0 Å². The highest BCUT2D eigenvalue weighted by Crippen LogP contribution is 2.29. The first-order chi connectivity index (χ1) is 9.19. The zero-order valence-electron chi connectivity index (χ0n) is 10.5. The molecule has 0 saturated heterocycles. The van der Waals surface area contributed by atoms with Gasteiger partial charge in [-0.15, -0.1) is 11.8 Å². The molecule has 0 amide bonds. The van der Waals surface area contributed by atoms with E-state index in [1.165, 1.54) is 0 Å². The molecule has 1 heterocycles. The van der Waals surface area contributed by atoms with Gasteiger partial charge in [0, 0.05) is 29.1 Å². The average Bonchev–Trinajstić information content (AvgIpc) is 2.41. The van der Waals surface area contributed by atoms with E-state index in [2.05, 4.69) is 23.3 Å². The van der Waals surface area contributed by atoms with Crippen molar-refractivity contribution in [1.82, 2.24) is 4.98 Å². The number of nitrogens with one attached hydrogen (secondary N) is 1. The van der Waals surface area contributed by atoms with Crippen molar-refractivity contribution in [3.8, 4) is 0 Å². The molecule has 0 aliphatic carbocycles. The Morgan fingerprint density at radius 1 is 1.16 bits per heavy atom. The van der Waals surface area contributed by atoms with Crippen LogP contribution in [0.25, 0.3) is 0 Å². The molecule has 0 radical (unpaired) electrons. The van der Waals surface area contributed by atoms with Gasteiger partial charge in [0.1, 0.15) is 0 Å². The Bertz CT molecular complexity index is 561. The van der Waals surface area contributed by atoms with Crippen LogP contribution in [0.5, 0.6) is 0 Å². The van der Waals surface area contributed by atoms with Crippen molar-refractivity contribution in [2.45, 2.75) is 17.6 Å². The molecule has 5 heteroatoms. The first-order valence-corrected chi connectivity index (χ1v) is 7.70. The fraction of sp³-hybridized carbons (Fsp3) is 0.214. The van der Waals surface area contributed by atoms with E-state index >= 15 is 0 Å². The number of halogens is 2. The van der Waals surface area contributed by atoms with Crippen LogP contribution in [-0.4, -0.2) is 11.5 Å².